The summed E-state index contributed by atoms with van der Waals surface area (Å²) in [6.07, 6.45) is 0. The van der Waals surface area contributed by atoms with Gasteiger partial charge in [0.05, 0.1) is 27.6 Å². The van der Waals surface area contributed by atoms with Crippen LogP contribution in [0.2, 0.25) is 0 Å². The maximum atomic E-state index is 6.95. The predicted octanol–water partition coefficient (Wildman–Crippen LogP) is 18.4. The Morgan fingerprint density at radius 1 is 0.231 bits per heavy atom. The normalized spacial score (nSPS) is 15.2. The molecule has 4 aliphatic carbocycles. The van der Waals surface area contributed by atoms with Crippen LogP contribution in [0.1, 0.15) is 66.8 Å². The lowest BCUT2D eigenvalue weighted by molar-refractivity contribution is 0.436. The van der Waals surface area contributed by atoms with Gasteiger partial charge in [0, 0.05) is 39.1 Å². The summed E-state index contributed by atoms with van der Waals surface area (Å²) in [5, 5.41) is 0. The van der Waals surface area contributed by atoms with E-state index in [9.17, 15) is 0 Å². The lowest BCUT2D eigenvalue weighted by atomic mass is 9.65. The second-order valence-corrected chi connectivity index (χ2v) is 21.6. The van der Waals surface area contributed by atoms with Crippen LogP contribution >= 0.6 is 0 Å². The minimum Gasteiger partial charge on any atom is -0.457 e. The Morgan fingerprint density at radius 2 is 0.564 bits per heavy atom. The first-order valence-electron chi connectivity index (χ1n) is 27.2. The molecule has 18 rings (SSSR count). The van der Waals surface area contributed by atoms with Gasteiger partial charge in [0.15, 0.2) is 0 Å². The Kier molecular flexibility index (Phi) is 8.20. The van der Waals surface area contributed by atoms with Gasteiger partial charge < -0.3 is 14.4 Å². The molecule has 2 aliphatic heterocycles. The van der Waals surface area contributed by atoms with Gasteiger partial charge in [-0.25, -0.2) is 0 Å². The van der Waals surface area contributed by atoms with Crippen LogP contribution in [0.15, 0.2) is 273 Å². The molecule has 0 atom stereocenters. The van der Waals surface area contributed by atoms with Gasteiger partial charge in [0.2, 0.25) is 0 Å². The maximum absolute atomic E-state index is 6.95. The Balaban J connectivity index is 0.998. The fraction of sp³-hybridized carbons (Fsp3) is 0.0400. The Bertz CT molecular complexity index is 4460. The van der Waals surface area contributed by atoms with Crippen molar-refractivity contribution in [1.82, 2.24) is 0 Å². The van der Waals surface area contributed by atoms with Crippen LogP contribution in [0.5, 0.6) is 23.0 Å². The average Bonchev–Trinajstić information content (AvgIpc) is 4.36. The smallest absolute Gasteiger partial charge is 0.132 e. The predicted molar refractivity (Wildman–Crippen MR) is 312 cm³/mol. The molecule has 3 nitrogen and oxygen atoms in total. The van der Waals surface area contributed by atoms with Crippen LogP contribution in [0.25, 0.3) is 44.5 Å². The van der Waals surface area contributed by atoms with Crippen LogP contribution in [0.4, 0.5) is 17.1 Å². The van der Waals surface area contributed by atoms with Gasteiger partial charge in [0.1, 0.15) is 23.0 Å². The first-order valence-corrected chi connectivity index (χ1v) is 27.2. The molecule has 362 valence electrons. The standard InChI is InChI=1S/C75H45NO2/c1-6-27-54-47(21-1)48-22-2-7-28-55(48)73(54)56-29-8-3-23-49(56)51-44-43-46(45-64(51)73)76(65-37-20-36-63-71(65)53-25-5-10-31-58(53)74(63)59-32-11-15-39-67(59)77-68-40-16-12-33-60(68)74)66-38-19-26-52-50-24-4-9-30-57(50)75(72(52)66)61-34-13-17-41-69(61)78-70-42-18-14-35-62(70)75/h1-45H. The summed E-state index contributed by atoms with van der Waals surface area (Å²) >= 11 is 0. The molecule has 6 aliphatic rings. The van der Waals surface area contributed by atoms with E-state index in [0.29, 0.717) is 0 Å². The third-order valence-corrected chi connectivity index (χ3v) is 18.4. The molecule has 0 N–H and O–H groups in total. The lowest BCUT2D eigenvalue weighted by Crippen LogP contribution is -2.33. The number of benzene rings is 12. The molecule has 0 bridgehead atoms. The summed E-state index contributed by atoms with van der Waals surface area (Å²) in [5.41, 5.74) is 26.0. The highest BCUT2D eigenvalue weighted by atomic mass is 16.5. The van der Waals surface area contributed by atoms with Crippen molar-refractivity contribution in [3.8, 4) is 67.5 Å². The summed E-state index contributed by atoms with van der Waals surface area (Å²) in [4.78, 5) is 2.64. The number of para-hydroxylation sites is 4. The molecule has 12 aromatic rings. The van der Waals surface area contributed by atoms with Gasteiger partial charge in [-0.05, 0) is 126 Å². The molecule has 3 spiro atoms. The number of anilines is 3. The zero-order valence-corrected chi connectivity index (χ0v) is 42.2. The largest absolute Gasteiger partial charge is 0.457 e. The molecule has 78 heavy (non-hydrogen) atoms. The van der Waals surface area contributed by atoms with E-state index in [-0.39, 0.29) is 0 Å². The van der Waals surface area contributed by atoms with E-state index in [4.69, 9.17) is 9.47 Å². The minimum atomic E-state index is -0.751. The van der Waals surface area contributed by atoms with Crippen LogP contribution in [-0.4, -0.2) is 0 Å². The molecular weight excluding hydrogens is 947 g/mol. The van der Waals surface area contributed by atoms with Crippen molar-refractivity contribution in [3.63, 3.8) is 0 Å². The molecule has 0 radical (unpaired) electrons. The third kappa shape index (κ3) is 4.93. The number of rotatable bonds is 3. The number of hydrogen-bond acceptors (Lipinski definition) is 3. The van der Waals surface area contributed by atoms with E-state index in [1.165, 1.54) is 89.0 Å². The number of nitrogens with zero attached hydrogens (tertiary/aromatic N) is 1. The second-order valence-electron chi connectivity index (χ2n) is 21.6. The molecule has 0 unspecified atom stereocenters. The van der Waals surface area contributed by atoms with Gasteiger partial charge in [0.25, 0.3) is 0 Å². The Hall–Kier alpha value is -9.96. The monoisotopic (exact) mass is 991 g/mol. The first-order chi connectivity index (χ1) is 38.7. The van der Waals surface area contributed by atoms with Gasteiger partial charge in [-0.1, -0.05) is 224 Å². The average molecular weight is 992 g/mol. The zero-order chi connectivity index (χ0) is 50.9. The highest BCUT2D eigenvalue weighted by Crippen LogP contribution is 2.69. The van der Waals surface area contributed by atoms with Crippen molar-refractivity contribution < 1.29 is 9.47 Å². The van der Waals surface area contributed by atoms with E-state index >= 15 is 0 Å². The Labute approximate surface area is 452 Å². The van der Waals surface area contributed by atoms with Gasteiger partial charge in [-0.3, -0.25) is 0 Å². The van der Waals surface area contributed by atoms with E-state index in [0.717, 1.165) is 62.3 Å². The Morgan fingerprint density at radius 3 is 1.08 bits per heavy atom. The second kappa shape index (κ2) is 15.1. The summed E-state index contributed by atoms with van der Waals surface area (Å²) in [6.45, 7) is 0. The number of ether oxygens (including phenoxy) is 2. The molecule has 0 aromatic heterocycles. The maximum Gasteiger partial charge on any atom is 0.132 e. The molecule has 0 saturated carbocycles. The molecular formula is C75H45NO2. The molecule has 0 fully saturated rings. The molecule has 3 heteroatoms. The van der Waals surface area contributed by atoms with Crippen molar-refractivity contribution in [3.05, 3.63) is 340 Å². The highest BCUT2D eigenvalue weighted by Gasteiger charge is 2.56. The summed E-state index contributed by atoms with van der Waals surface area (Å²) in [5.74, 6) is 3.48. The summed E-state index contributed by atoms with van der Waals surface area (Å²) < 4.78 is 13.8. The summed E-state index contributed by atoms with van der Waals surface area (Å²) in [6, 6.07) is 102. The van der Waals surface area contributed by atoms with Crippen LogP contribution in [-0.2, 0) is 16.2 Å². The number of fused-ring (bicyclic) bond motifs is 28. The summed E-state index contributed by atoms with van der Waals surface area (Å²) in [7, 11) is 0. The van der Waals surface area contributed by atoms with E-state index in [2.05, 4.69) is 278 Å². The van der Waals surface area contributed by atoms with Crippen LogP contribution in [0.3, 0.4) is 0 Å². The molecule has 2 heterocycles. The van der Waals surface area contributed by atoms with Crippen LogP contribution < -0.4 is 14.4 Å². The fourth-order valence-corrected chi connectivity index (χ4v) is 15.8. The quantitative estimate of drug-likeness (QED) is 0.176. The van der Waals surface area contributed by atoms with Gasteiger partial charge in [-0.15, -0.1) is 0 Å². The van der Waals surface area contributed by atoms with E-state index in [1.54, 1.807) is 0 Å². The van der Waals surface area contributed by atoms with Crippen LogP contribution in [0, 0.1) is 0 Å². The molecule has 0 amide bonds. The van der Waals surface area contributed by atoms with Crippen molar-refractivity contribution in [2.24, 2.45) is 0 Å². The lowest BCUT2D eigenvalue weighted by Gasteiger charge is -2.42. The number of hydrogen-bond donors (Lipinski definition) is 0. The van der Waals surface area contributed by atoms with Crippen molar-refractivity contribution in [2.75, 3.05) is 4.90 Å². The van der Waals surface area contributed by atoms with E-state index in [1.807, 2.05) is 0 Å². The highest BCUT2D eigenvalue weighted by molar-refractivity contribution is 6.03. The van der Waals surface area contributed by atoms with E-state index < -0.39 is 16.2 Å². The third-order valence-electron chi connectivity index (χ3n) is 18.4. The zero-order valence-electron chi connectivity index (χ0n) is 42.2. The minimum absolute atomic E-state index is 0.555. The molecule has 12 aromatic carbocycles. The van der Waals surface area contributed by atoms with Gasteiger partial charge >= 0.3 is 0 Å². The topological polar surface area (TPSA) is 21.7 Å². The van der Waals surface area contributed by atoms with Crippen molar-refractivity contribution in [2.45, 2.75) is 16.2 Å². The van der Waals surface area contributed by atoms with Crippen molar-refractivity contribution >= 4 is 17.1 Å². The van der Waals surface area contributed by atoms with Crippen molar-refractivity contribution in [1.29, 1.82) is 0 Å². The first kappa shape index (κ1) is 42.3. The van der Waals surface area contributed by atoms with Gasteiger partial charge in [-0.2, -0.15) is 0 Å². The fourth-order valence-electron chi connectivity index (χ4n) is 15.8. The molecule has 0 saturated heterocycles. The SMILES string of the molecule is c1ccc2c(c1)Oc1ccccc1C21c2ccccc2-c2c(N(c3ccc4c(c3)C3(c5ccccc5-c5ccccc53)c3ccccc3-4)c3cccc4c3C3(c5ccccc5Oc5ccccc53)c3ccccc3-4)cccc21.